The number of aromatic carboxylic acids is 1. The average molecular weight is 614 g/mol. The zero-order chi connectivity index (χ0) is 31.3. The summed E-state index contributed by atoms with van der Waals surface area (Å²) in [7, 11) is 0. The third-order valence-corrected chi connectivity index (χ3v) is 8.87. The van der Waals surface area contributed by atoms with Crippen molar-refractivity contribution in [2.75, 3.05) is 31.1 Å². The molecular weight excluding hydrogens is 566 g/mol. The van der Waals surface area contributed by atoms with Gasteiger partial charge in [0.2, 0.25) is 0 Å². The summed E-state index contributed by atoms with van der Waals surface area (Å²) >= 11 is 1.69. The van der Waals surface area contributed by atoms with Crippen molar-refractivity contribution in [3.8, 4) is 17.0 Å². The number of carbonyl (C=O) groups is 1. The first-order chi connectivity index (χ1) is 21.5. The van der Waals surface area contributed by atoms with Crippen LogP contribution in [-0.2, 0) is 13.2 Å². The highest BCUT2D eigenvalue weighted by molar-refractivity contribution is 7.09. The molecule has 1 N–H and O–H groups in total. The highest BCUT2D eigenvalue weighted by atomic mass is 32.1. The quantitative estimate of drug-likeness (QED) is 0.162. The van der Waals surface area contributed by atoms with Crippen LogP contribution in [0.1, 0.15) is 85.8 Å². The number of ether oxygens (including phenoxy) is 1. The molecule has 0 saturated carbocycles. The zero-order valence-electron chi connectivity index (χ0n) is 26.7. The summed E-state index contributed by atoms with van der Waals surface area (Å²) in [6, 6.07) is 24.4. The number of thiazole rings is 1. The van der Waals surface area contributed by atoms with Crippen molar-refractivity contribution < 1.29 is 14.6 Å². The van der Waals surface area contributed by atoms with E-state index in [2.05, 4.69) is 65.4 Å². The molecule has 6 nitrogen and oxygen atoms in total. The molecule has 1 aliphatic rings. The fraction of sp³-hybridized carbons (Fsp3) is 0.405. The third kappa shape index (κ3) is 8.93. The summed E-state index contributed by atoms with van der Waals surface area (Å²) in [6.07, 6.45) is 4.94. The van der Waals surface area contributed by atoms with E-state index in [-0.39, 0.29) is 0 Å². The van der Waals surface area contributed by atoms with Crippen LogP contribution in [0.2, 0.25) is 0 Å². The van der Waals surface area contributed by atoms with Gasteiger partial charge in [-0.15, -0.1) is 11.3 Å². The monoisotopic (exact) mass is 613 g/mol. The van der Waals surface area contributed by atoms with Crippen molar-refractivity contribution in [3.63, 3.8) is 0 Å². The van der Waals surface area contributed by atoms with Gasteiger partial charge in [0.25, 0.3) is 0 Å². The Morgan fingerprint density at radius 2 is 1.57 bits per heavy atom. The van der Waals surface area contributed by atoms with Crippen LogP contribution in [0.25, 0.3) is 11.3 Å². The molecule has 3 aromatic carbocycles. The molecule has 1 aliphatic heterocycles. The van der Waals surface area contributed by atoms with E-state index < -0.39 is 5.97 Å². The van der Waals surface area contributed by atoms with Gasteiger partial charge >= 0.3 is 5.97 Å². The van der Waals surface area contributed by atoms with Gasteiger partial charge in [0.15, 0.2) is 0 Å². The molecule has 0 amide bonds. The van der Waals surface area contributed by atoms with E-state index in [1.807, 2.05) is 38.1 Å². The molecule has 234 valence electrons. The van der Waals surface area contributed by atoms with Crippen LogP contribution >= 0.6 is 11.3 Å². The van der Waals surface area contributed by atoms with Gasteiger partial charge in [-0.25, -0.2) is 9.78 Å². The summed E-state index contributed by atoms with van der Waals surface area (Å²) in [5.41, 5.74) is 5.87. The Bertz CT molecular complexity index is 1420. The number of piperazine rings is 1. The van der Waals surface area contributed by atoms with Crippen LogP contribution in [0.4, 0.5) is 5.69 Å². The SMILES string of the molecule is CC.CCCC(CCC)c1ccc(COc2ccc(-c3csc(CN4CCN(c5ccccc5C(=O)O)CC4)n3)cc2)cc1. The maximum absolute atomic E-state index is 11.6. The van der Waals surface area contributed by atoms with Crippen LogP contribution in [0.3, 0.4) is 0 Å². The summed E-state index contributed by atoms with van der Waals surface area (Å²) < 4.78 is 6.08. The van der Waals surface area contributed by atoms with Gasteiger partial charge in [-0.1, -0.05) is 76.9 Å². The standard InChI is InChI=1S/C35H41N3O3S.C2H6/c1-3-7-27(8-4-2)28-13-11-26(12-14-28)24-41-30-17-15-29(16-18-30)32-25-42-34(36-32)23-37-19-21-38(22-20-37)33-10-6-5-9-31(33)35(39)40;1-2/h5-6,9-18,25,27H,3-4,7-8,19-24H2,1-2H3,(H,39,40);1-2H3. The molecule has 0 atom stereocenters. The Labute approximate surface area is 267 Å². The Morgan fingerprint density at radius 1 is 0.909 bits per heavy atom. The molecule has 1 fully saturated rings. The lowest BCUT2D eigenvalue weighted by Crippen LogP contribution is -2.46. The van der Waals surface area contributed by atoms with Crippen LogP contribution in [-0.4, -0.2) is 47.1 Å². The lowest BCUT2D eigenvalue weighted by Gasteiger charge is -2.36. The van der Waals surface area contributed by atoms with E-state index in [1.54, 1.807) is 23.5 Å². The maximum Gasteiger partial charge on any atom is 0.337 e. The van der Waals surface area contributed by atoms with Crippen molar-refractivity contribution in [1.82, 2.24) is 9.88 Å². The number of aromatic nitrogens is 1. The first-order valence-electron chi connectivity index (χ1n) is 16.1. The Kier molecular flexibility index (Phi) is 12.8. The lowest BCUT2D eigenvalue weighted by atomic mass is 9.90. The Morgan fingerprint density at radius 3 is 2.20 bits per heavy atom. The first-order valence-corrected chi connectivity index (χ1v) is 17.0. The molecule has 1 aromatic heterocycles. The second-order valence-electron chi connectivity index (χ2n) is 11.0. The largest absolute Gasteiger partial charge is 0.489 e. The predicted molar refractivity (Wildman–Crippen MR) is 183 cm³/mol. The van der Waals surface area contributed by atoms with Crippen molar-refractivity contribution in [3.05, 3.63) is 99.9 Å². The Balaban J connectivity index is 0.00000216. The highest BCUT2D eigenvalue weighted by Gasteiger charge is 2.22. The fourth-order valence-corrected chi connectivity index (χ4v) is 6.58. The third-order valence-electron chi connectivity index (χ3n) is 8.04. The van der Waals surface area contributed by atoms with E-state index in [9.17, 15) is 9.90 Å². The molecule has 7 heteroatoms. The van der Waals surface area contributed by atoms with Gasteiger partial charge in [0.1, 0.15) is 17.4 Å². The number of anilines is 1. The topological polar surface area (TPSA) is 65.9 Å². The van der Waals surface area contributed by atoms with Crippen LogP contribution < -0.4 is 9.64 Å². The van der Waals surface area contributed by atoms with E-state index in [0.717, 1.165) is 60.4 Å². The van der Waals surface area contributed by atoms with E-state index >= 15 is 0 Å². The smallest absolute Gasteiger partial charge is 0.337 e. The number of rotatable bonds is 13. The molecule has 1 saturated heterocycles. The van der Waals surface area contributed by atoms with Crippen LogP contribution in [0.5, 0.6) is 5.75 Å². The molecule has 0 unspecified atom stereocenters. The Hall–Kier alpha value is -3.68. The minimum atomic E-state index is -0.879. The van der Waals surface area contributed by atoms with Gasteiger partial charge in [-0.05, 0) is 66.3 Å². The van der Waals surface area contributed by atoms with Gasteiger partial charge in [-0.2, -0.15) is 0 Å². The first kappa shape index (κ1) is 33.2. The summed E-state index contributed by atoms with van der Waals surface area (Å²) in [4.78, 5) is 21.1. The van der Waals surface area contributed by atoms with Crippen molar-refractivity contribution >= 4 is 23.0 Å². The summed E-state index contributed by atoms with van der Waals surface area (Å²) in [5, 5.41) is 12.7. The molecule has 0 spiro atoms. The minimum Gasteiger partial charge on any atom is -0.489 e. The van der Waals surface area contributed by atoms with Gasteiger partial charge < -0.3 is 14.7 Å². The summed E-state index contributed by atoms with van der Waals surface area (Å²) in [5.74, 6) is 0.638. The van der Waals surface area contributed by atoms with Crippen LogP contribution in [0.15, 0.2) is 78.2 Å². The number of benzene rings is 3. The molecule has 0 radical (unpaired) electrons. The number of nitrogens with zero attached hydrogens (tertiary/aromatic N) is 3. The zero-order valence-corrected chi connectivity index (χ0v) is 27.5. The number of para-hydroxylation sites is 1. The van der Waals surface area contributed by atoms with Crippen molar-refractivity contribution in [1.29, 1.82) is 0 Å². The number of carboxylic acids is 1. The van der Waals surface area contributed by atoms with E-state index in [4.69, 9.17) is 9.72 Å². The van der Waals surface area contributed by atoms with Crippen molar-refractivity contribution in [2.24, 2.45) is 0 Å². The molecule has 44 heavy (non-hydrogen) atoms. The second kappa shape index (κ2) is 17.0. The van der Waals surface area contributed by atoms with Gasteiger partial charge in [-0.3, -0.25) is 4.90 Å². The second-order valence-corrected chi connectivity index (χ2v) is 12.0. The number of carboxylic acid groups (broad SMARTS) is 1. The molecule has 2 heterocycles. The fourth-order valence-electron chi connectivity index (χ4n) is 5.73. The minimum absolute atomic E-state index is 0.365. The molecule has 0 bridgehead atoms. The van der Waals surface area contributed by atoms with Crippen molar-refractivity contribution in [2.45, 2.75) is 72.4 Å². The van der Waals surface area contributed by atoms with E-state index in [0.29, 0.717) is 18.1 Å². The predicted octanol–water partition coefficient (Wildman–Crippen LogP) is 9.12. The van der Waals surface area contributed by atoms with Crippen LogP contribution in [0, 0.1) is 0 Å². The molecular formula is C37H47N3O3S. The normalized spacial score (nSPS) is 13.4. The summed E-state index contributed by atoms with van der Waals surface area (Å²) in [6.45, 7) is 13.2. The van der Waals surface area contributed by atoms with E-state index in [1.165, 1.54) is 36.8 Å². The number of hydrogen-bond acceptors (Lipinski definition) is 6. The lowest BCUT2D eigenvalue weighted by molar-refractivity contribution is 0.0697. The number of hydrogen-bond donors (Lipinski definition) is 1. The highest BCUT2D eigenvalue weighted by Crippen LogP contribution is 2.28. The van der Waals surface area contributed by atoms with Gasteiger partial charge in [0, 0.05) is 37.1 Å². The molecule has 0 aliphatic carbocycles. The molecule has 5 rings (SSSR count). The van der Waals surface area contributed by atoms with Gasteiger partial charge in [0.05, 0.1) is 23.5 Å². The average Bonchev–Trinajstić information content (AvgIpc) is 3.54. The molecule has 4 aromatic rings. The maximum atomic E-state index is 11.6.